The number of esters is 1. The molecule has 2 aliphatic rings. The molecule has 3 unspecified atom stereocenters. The van der Waals surface area contributed by atoms with Crippen LogP contribution in [0.1, 0.15) is 17.9 Å². The number of rotatable bonds is 5. The third-order valence-corrected chi connectivity index (χ3v) is 6.21. The average molecular weight is 503 g/mol. The standard InChI is InChI=1S/C24H23F2N3O7/c1-33-23(32)20(31)22-19(30)18(29-10-16(27-28-29)13-7-14(25)9-15(26)8-13)21-17(35-22)11-34-24(36-21)12-5-3-2-4-6-12/h2-10,17-22,24,30-31H,11H2,1H3/t17?,18-,19?,20+,21+,22-,24?/m1/s1. The Morgan fingerprint density at radius 2 is 1.89 bits per heavy atom. The van der Waals surface area contributed by atoms with Gasteiger partial charge in [0.15, 0.2) is 12.4 Å². The Hall–Kier alpha value is -3.29. The molecule has 2 N–H and O–H groups in total. The number of hydrogen-bond donors (Lipinski definition) is 2. The fourth-order valence-corrected chi connectivity index (χ4v) is 4.50. The number of benzene rings is 2. The Labute approximate surface area is 204 Å². The SMILES string of the molecule is COC(=O)[C@@H](O)[C@@H]1OC2COC(c3ccccc3)O[C@@H]2[C@H](n2cc(-c3cc(F)cc(F)c3)nn2)C1O. The number of aliphatic hydroxyl groups excluding tert-OH is 2. The highest BCUT2D eigenvalue weighted by atomic mass is 19.1. The third kappa shape index (κ3) is 4.61. The van der Waals surface area contributed by atoms with E-state index in [0.29, 0.717) is 0 Å². The fourth-order valence-electron chi connectivity index (χ4n) is 4.50. The zero-order valence-electron chi connectivity index (χ0n) is 19.0. The Morgan fingerprint density at radius 3 is 2.58 bits per heavy atom. The van der Waals surface area contributed by atoms with E-state index in [2.05, 4.69) is 15.0 Å². The Kier molecular flexibility index (Phi) is 6.77. The topological polar surface area (TPSA) is 125 Å². The van der Waals surface area contributed by atoms with Crippen molar-refractivity contribution in [1.29, 1.82) is 0 Å². The quantitative estimate of drug-likeness (QED) is 0.499. The number of carbonyl (C=O) groups is 1. The number of methoxy groups -OCH3 is 1. The van der Waals surface area contributed by atoms with Gasteiger partial charge in [0.1, 0.15) is 47.8 Å². The first kappa shape index (κ1) is 24.4. The highest BCUT2D eigenvalue weighted by Crippen LogP contribution is 2.40. The summed E-state index contributed by atoms with van der Waals surface area (Å²) in [5.41, 5.74) is 1.01. The lowest BCUT2D eigenvalue weighted by atomic mass is 9.89. The van der Waals surface area contributed by atoms with Crippen molar-refractivity contribution in [3.05, 3.63) is 71.9 Å². The van der Waals surface area contributed by atoms with Crippen molar-refractivity contribution in [3.8, 4) is 11.3 Å². The van der Waals surface area contributed by atoms with Crippen molar-refractivity contribution in [2.75, 3.05) is 13.7 Å². The summed E-state index contributed by atoms with van der Waals surface area (Å²) in [6.07, 6.45) is -5.76. The molecule has 10 nitrogen and oxygen atoms in total. The molecular weight excluding hydrogens is 480 g/mol. The van der Waals surface area contributed by atoms with Crippen LogP contribution in [0.15, 0.2) is 54.7 Å². The summed E-state index contributed by atoms with van der Waals surface area (Å²) in [5.74, 6) is -2.57. The number of fused-ring (bicyclic) bond motifs is 1. The number of hydrogen-bond acceptors (Lipinski definition) is 9. The molecular formula is C24H23F2N3O7. The van der Waals surface area contributed by atoms with Gasteiger partial charge in [-0.15, -0.1) is 5.10 Å². The maximum Gasteiger partial charge on any atom is 0.337 e. The first-order chi connectivity index (χ1) is 17.4. The van der Waals surface area contributed by atoms with Crippen LogP contribution in [0.4, 0.5) is 8.78 Å². The molecule has 0 spiro atoms. The zero-order chi connectivity index (χ0) is 25.4. The van der Waals surface area contributed by atoms with Crippen molar-refractivity contribution in [3.63, 3.8) is 0 Å². The molecule has 2 aliphatic heterocycles. The number of aliphatic hydroxyl groups is 2. The third-order valence-electron chi connectivity index (χ3n) is 6.21. The van der Waals surface area contributed by atoms with E-state index in [0.717, 1.165) is 30.9 Å². The van der Waals surface area contributed by atoms with E-state index in [1.165, 1.54) is 10.9 Å². The van der Waals surface area contributed by atoms with Gasteiger partial charge in [-0.25, -0.2) is 18.3 Å². The minimum Gasteiger partial charge on any atom is -0.467 e. The molecule has 0 amide bonds. The van der Waals surface area contributed by atoms with Gasteiger partial charge in [0.25, 0.3) is 0 Å². The number of nitrogens with zero attached hydrogens (tertiary/aromatic N) is 3. The average Bonchev–Trinajstić information content (AvgIpc) is 3.37. The molecule has 3 aromatic rings. The first-order valence-corrected chi connectivity index (χ1v) is 11.2. The molecule has 36 heavy (non-hydrogen) atoms. The summed E-state index contributed by atoms with van der Waals surface area (Å²) >= 11 is 0. The van der Waals surface area contributed by atoms with E-state index in [-0.39, 0.29) is 17.9 Å². The summed E-state index contributed by atoms with van der Waals surface area (Å²) < 4.78 is 51.2. The Balaban J connectivity index is 1.50. The first-order valence-electron chi connectivity index (χ1n) is 11.2. The normalized spacial score (nSPS) is 28.8. The zero-order valence-corrected chi connectivity index (χ0v) is 19.0. The summed E-state index contributed by atoms with van der Waals surface area (Å²) in [7, 11) is 1.10. The van der Waals surface area contributed by atoms with Gasteiger partial charge in [-0.05, 0) is 12.1 Å². The fraction of sp³-hybridized carbons (Fsp3) is 0.375. The second-order valence-corrected chi connectivity index (χ2v) is 8.51. The van der Waals surface area contributed by atoms with Crippen LogP contribution < -0.4 is 0 Å². The summed E-state index contributed by atoms with van der Waals surface area (Å²) in [6, 6.07) is 11.0. The molecule has 5 rings (SSSR count). The molecule has 0 saturated carbocycles. The largest absolute Gasteiger partial charge is 0.467 e. The van der Waals surface area contributed by atoms with Crippen LogP contribution in [0.25, 0.3) is 11.3 Å². The molecule has 0 radical (unpaired) electrons. The van der Waals surface area contributed by atoms with Crippen molar-refractivity contribution in [1.82, 2.24) is 15.0 Å². The van der Waals surface area contributed by atoms with Crippen molar-refractivity contribution < 1.29 is 42.7 Å². The van der Waals surface area contributed by atoms with Crippen LogP contribution in [-0.4, -0.2) is 75.4 Å². The number of carbonyl (C=O) groups excluding carboxylic acids is 1. The van der Waals surface area contributed by atoms with Gasteiger partial charge in [0.05, 0.1) is 19.9 Å². The predicted molar refractivity (Wildman–Crippen MR) is 117 cm³/mol. The number of aromatic nitrogens is 3. The maximum atomic E-state index is 13.8. The van der Waals surface area contributed by atoms with Crippen molar-refractivity contribution in [2.24, 2.45) is 0 Å². The molecule has 2 fully saturated rings. The molecule has 190 valence electrons. The van der Waals surface area contributed by atoms with E-state index >= 15 is 0 Å². The van der Waals surface area contributed by atoms with Crippen molar-refractivity contribution in [2.45, 2.75) is 42.9 Å². The van der Waals surface area contributed by atoms with E-state index in [1.807, 2.05) is 30.3 Å². The highest BCUT2D eigenvalue weighted by Gasteiger charge is 2.53. The van der Waals surface area contributed by atoms with Crippen LogP contribution in [0.5, 0.6) is 0 Å². The molecule has 0 bridgehead atoms. The van der Waals surface area contributed by atoms with Crippen LogP contribution in [0.2, 0.25) is 0 Å². The van der Waals surface area contributed by atoms with Gasteiger partial charge in [-0.1, -0.05) is 35.5 Å². The molecule has 3 heterocycles. The summed E-state index contributed by atoms with van der Waals surface area (Å²) in [6.45, 7) is 0.0223. The van der Waals surface area contributed by atoms with Crippen LogP contribution >= 0.6 is 0 Å². The Bertz CT molecular complexity index is 1210. The van der Waals surface area contributed by atoms with Gasteiger partial charge in [0, 0.05) is 17.2 Å². The monoisotopic (exact) mass is 503 g/mol. The minimum atomic E-state index is -1.80. The van der Waals surface area contributed by atoms with Crippen LogP contribution in [0.3, 0.4) is 0 Å². The lowest BCUT2D eigenvalue weighted by molar-refractivity contribution is -0.323. The van der Waals surface area contributed by atoms with Crippen LogP contribution in [-0.2, 0) is 23.7 Å². The number of ether oxygens (including phenoxy) is 4. The molecule has 2 aromatic carbocycles. The second kappa shape index (κ2) is 9.99. The molecule has 1 aromatic heterocycles. The summed E-state index contributed by atoms with van der Waals surface area (Å²) in [4.78, 5) is 12.0. The highest BCUT2D eigenvalue weighted by molar-refractivity contribution is 5.75. The van der Waals surface area contributed by atoms with Gasteiger partial charge in [0.2, 0.25) is 0 Å². The Morgan fingerprint density at radius 1 is 1.17 bits per heavy atom. The molecule has 12 heteroatoms. The van der Waals surface area contributed by atoms with Gasteiger partial charge in [-0.2, -0.15) is 0 Å². The minimum absolute atomic E-state index is 0.0223. The smallest absolute Gasteiger partial charge is 0.337 e. The van der Waals surface area contributed by atoms with Crippen molar-refractivity contribution >= 4 is 5.97 Å². The molecule has 0 aliphatic carbocycles. The van der Waals surface area contributed by atoms with Gasteiger partial charge < -0.3 is 29.2 Å². The number of halogens is 2. The molecule has 7 atom stereocenters. The van der Waals surface area contributed by atoms with E-state index in [4.69, 9.17) is 14.2 Å². The predicted octanol–water partition coefficient (Wildman–Crippen LogP) is 1.54. The van der Waals surface area contributed by atoms with E-state index < -0.39 is 60.5 Å². The van der Waals surface area contributed by atoms with Crippen LogP contribution in [0, 0.1) is 11.6 Å². The van der Waals surface area contributed by atoms with E-state index in [1.54, 1.807) is 0 Å². The van der Waals surface area contributed by atoms with Gasteiger partial charge in [-0.3, -0.25) is 0 Å². The maximum absolute atomic E-state index is 13.8. The second-order valence-electron chi connectivity index (χ2n) is 8.51. The van der Waals surface area contributed by atoms with E-state index in [9.17, 15) is 23.8 Å². The lowest BCUT2D eigenvalue weighted by Gasteiger charge is -2.48. The lowest BCUT2D eigenvalue weighted by Crippen LogP contribution is -2.62. The summed E-state index contributed by atoms with van der Waals surface area (Å²) in [5, 5.41) is 29.8. The van der Waals surface area contributed by atoms with Gasteiger partial charge >= 0.3 is 5.97 Å². The molecule has 2 saturated heterocycles.